The second-order valence-corrected chi connectivity index (χ2v) is 3.67. The molecular formula is C11H15F2NO. The first-order valence-corrected chi connectivity index (χ1v) is 4.86. The number of nitrogens with one attached hydrogen (secondary N) is 1. The van der Waals surface area contributed by atoms with E-state index < -0.39 is 11.6 Å². The lowest BCUT2D eigenvalue weighted by Crippen LogP contribution is -2.31. The van der Waals surface area contributed by atoms with Crippen LogP contribution in [0.3, 0.4) is 0 Å². The number of halogens is 2. The summed E-state index contributed by atoms with van der Waals surface area (Å²) < 4.78 is 25.8. The second-order valence-electron chi connectivity index (χ2n) is 3.67. The number of aliphatic hydroxyl groups is 1. The van der Waals surface area contributed by atoms with E-state index in [1.54, 1.807) is 13.8 Å². The van der Waals surface area contributed by atoms with Crippen LogP contribution in [0, 0.1) is 11.6 Å². The van der Waals surface area contributed by atoms with Crippen LogP contribution >= 0.6 is 0 Å². The summed E-state index contributed by atoms with van der Waals surface area (Å²) in [4.78, 5) is 0. The molecule has 2 atom stereocenters. The monoisotopic (exact) mass is 215 g/mol. The molecule has 1 aromatic carbocycles. The first-order chi connectivity index (χ1) is 7.02. The molecule has 84 valence electrons. The summed E-state index contributed by atoms with van der Waals surface area (Å²) in [6.45, 7) is 3.58. The van der Waals surface area contributed by atoms with Crippen LogP contribution in [0.1, 0.15) is 25.5 Å². The molecule has 0 amide bonds. The zero-order chi connectivity index (χ0) is 11.4. The molecule has 0 aliphatic rings. The number of hydrogen-bond acceptors (Lipinski definition) is 2. The average molecular weight is 215 g/mol. The molecule has 2 nitrogen and oxygen atoms in total. The van der Waals surface area contributed by atoms with Gasteiger partial charge in [-0.1, -0.05) is 0 Å². The van der Waals surface area contributed by atoms with Crippen molar-refractivity contribution >= 4 is 0 Å². The lowest BCUT2D eigenvalue weighted by atomic mass is 10.1. The van der Waals surface area contributed by atoms with Gasteiger partial charge in [0.1, 0.15) is 11.6 Å². The number of rotatable bonds is 4. The number of benzene rings is 1. The zero-order valence-corrected chi connectivity index (χ0v) is 8.80. The Bertz CT molecular complexity index is 310. The molecule has 0 radical (unpaired) electrons. The Kier molecular flexibility index (Phi) is 4.17. The van der Waals surface area contributed by atoms with Gasteiger partial charge in [0.2, 0.25) is 0 Å². The summed E-state index contributed by atoms with van der Waals surface area (Å²) in [5.41, 5.74) is 0.535. The molecule has 1 rings (SSSR count). The largest absolute Gasteiger partial charge is 0.395 e. The minimum Gasteiger partial charge on any atom is -0.395 e. The molecule has 0 saturated heterocycles. The van der Waals surface area contributed by atoms with Gasteiger partial charge < -0.3 is 10.4 Å². The van der Waals surface area contributed by atoms with E-state index in [0.29, 0.717) is 5.56 Å². The second kappa shape index (κ2) is 5.19. The summed E-state index contributed by atoms with van der Waals surface area (Å²) >= 11 is 0. The average Bonchev–Trinajstić information content (AvgIpc) is 2.16. The molecule has 0 aromatic heterocycles. The maximum atomic E-state index is 12.9. The summed E-state index contributed by atoms with van der Waals surface area (Å²) in [6.07, 6.45) is 0. The van der Waals surface area contributed by atoms with Crippen molar-refractivity contribution in [3.05, 3.63) is 35.4 Å². The molecule has 0 saturated carbocycles. The lowest BCUT2D eigenvalue weighted by molar-refractivity contribution is 0.243. The maximum absolute atomic E-state index is 12.9. The highest BCUT2D eigenvalue weighted by atomic mass is 19.1. The van der Waals surface area contributed by atoms with Crippen LogP contribution in [-0.2, 0) is 0 Å². The van der Waals surface area contributed by atoms with E-state index in [-0.39, 0.29) is 18.7 Å². The smallest absolute Gasteiger partial charge is 0.126 e. The highest BCUT2D eigenvalue weighted by molar-refractivity contribution is 5.20. The molecule has 1 aromatic rings. The summed E-state index contributed by atoms with van der Waals surface area (Å²) in [5.74, 6) is -1.18. The van der Waals surface area contributed by atoms with Crippen LogP contribution in [0.2, 0.25) is 0 Å². The van der Waals surface area contributed by atoms with Crippen molar-refractivity contribution in [3.63, 3.8) is 0 Å². The molecular weight excluding hydrogens is 200 g/mol. The van der Waals surface area contributed by atoms with E-state index in [2.05, 4.69) is 5.32 Å². The lowest BCUT2D eigenvalue weighted by Gasteiger charge is -2.18. The van der Waals surface area contributed by atoms with Crippen molar-refractivity contribution < 1.29 is 13.9 Å². The highest BCUT2D eigenvalue weighted by Gasteiger charge is 2.10. The van der Waals surface area contributed by atoms with Crippen molar-refractivity contribution in [1.29, 1.82) is 0 Å². The van der Waals surface area contributed by atoms with Crippen LogP contribution in [0.25, 0.3) is 0 Å². The van der Waals surface area contributed by atoms with E-state index in [9.17, 15) is 8.78 Å². The molecule has 0 aliphatic heterocycles. The van der Waals surface area contributed by atoms with Crippen molar-refractivity contribution in [2.75, 3.05) is 6.61 Å². The van der Waals surface area contributed by atoms with Crippen molar-refractivity contribution in [1.82, 2.24) is 5.32 Å². The predicted octanol–water partition coefficient (Wildman–Crippen LogP) is 2.00. The third-order valence-corrected chi connectivity index (χ3v) is 2.19. The van der Waals surface area contributed by atoms with Crippen molar-refractivity contribution in [2.45, 2.75) is 25.9 Å². The standard InChI is InChI=1S/C11H15F2NO/c1-7(6-15)14-8(2)9-3-10(12)5-11(13)4-9/h3-5,7-8,14-15H,6H2,1-2H3/t7-,8-/m0/s1. The van der Waals surface area contributed by atoms with Crippen molar-refractivity contribution in [2.24, 2.45) is 0 Å². The fourth-order valence-electron chi connectivity index (χ4n) is 1.40. The van der Waals surface area contributed by atoms with Crippen LogP contribution in [0.4, 0.5) is 8.78 Å². The van der Waals surface area contributed by atoms with Crippen LogP contribution in [0.15, 0.2) is 18.2 Å². The summed E-state index contributed by atoms with van der Waals surface area (Å²) in [6, 6.07) is 3.10. The molecule has 0 heterocycles. The molecule has 0 aliphatic carbocycles. The fraction of sp³-hybridized carbons (Fsp3) is 0.455. The molecule has 0 fully saturated rings. The molecule has 15 heavy (non-hydrogen) atoms. The highest BCUT2D eigenvalue weighted by Crippen LogP contribution is 2.16. The van der Waals surface area contributed by atoms with Gasteiger partial charge in [0.05, 0.1) is 6.61 Å². The van der Waals surface area contributed by atoms with Gasteiger partial charge in [-0.05, 0) is 31.5 Å². The van der Waals surface area contributed by atoms with Crippen molar-refractivity contribution in [3.8, 4) is 0 Å². The summed E-state index contributed by atoms with van der Waals surface area (Å²) in [7, 11) is 0. The third kappa shape index (κ3) is 3.57. The maximum Gasteiger partial charge on any atom is 0.126 e. The zero-order valence-electron chi connectivity index (χ0n) is 8.80. The number of hydrogen-bond donors (Lipinski definition) is 2. The Morgan fingerprint density at radius 3 is 2.20 bits per heavy atom. The molecule has 0 spiro atoms. The Labute approximate surface area is 87.9 Å². The topological polar surface area (TPSA) is 32.3 Å². The van der Waals surface area contributed by atoms with Gasteiger partial charge in [-0.3, -0.25) is 0 Å². The minimum absolute atomic E-state index is 0.0118. The van der Waals surface area contributed by atoms with E-state index in [1.807, 2.05) is 0 Å². The van der Waals surface area contributed by atoms with Crippen LogP contribution < -0.4 is 5.32 Å². The Hall–Kier alpha value is -1.00. The Morgan fingerprint density at radius 2 is 1.73 bits per heavy atom. The normalized spacial score (nSPS) is 15.0. The molecule has 0 bridgehead atoms. The van der Waals surface area contributed by atoms with Gasteiger partial charge in [-0.2, -0.15) is 0 Å². The Balaban J connectivity index is 2.77. The molecule has 0 unspecified atom stereocenters. The third-order valence-electron chi connectivity index (χ3n) is 2.19. The van der Waals surface area contributed by atoms with Gasteiger partial charge in [-0.15, -0.1) is 0 Å². The predicted molar refractivity (Wildman–Crippen MR) is 54.5 cm³/mol. The Morgan fingerprint density at radius 1 is 1.20 bits per heavy atom. The van der Waals surface area contributed by atoms with E-state index in [0.717, 1.165) is 6.07 Å². The van der Waals surface area contributed by atoms with Gasteiger partial charge in [-0.25, -0.2) is 8.78 Å². The first kappa shape index (κ1) is 12.1. The quantitative estimate of drug-likeness (QED) is 0.805. The van der Waals surface area contributed by atoms with Gasteiger partial charge >= 0.3 is 0 Å². The van der Waals surface area contributed by atoms with Gasteiger partial charge in [0.25, 0.3) is 0 Å². The van der Waals surface area contributed by atoms with E-state index in [1.165, 1.54) is 12.1 Å². The van der Waals surface area contributed by atoms with Crippen LogP contribution in [0.5, 0.6) is 0 Å². The summed E-state index contributed by atoms with van der Waals surface area (Å²) in [5, 5.41) is 11.8. The fourth-order valence-corrected chi connectivity index (χ4v) is 1.40. The van der Waals surface area contributed by atoms with E-state index >= 15 is 0 Å². The minimum atomic E-state index is -0.588. The first-order valence-electron chi connectivity index (χ1n) is 4.86. The molecule has 2 N–H and O–H groups in total. The molecule has 4 heteroatoms. The SMILES string of the molecule is C[C@H](N[C@@H](C)CO)c1cc(F)cc(F)c1. The number of aliphatic hydroxyl groups excluding tert-OH is 1. The van der Waals surface area contributed by atoms with Crippen LogP contribution in [-0.4, -0.2) is 17.8 Å². The van der Waals surface area contributed by atoms with Gasteiger partial charge in [0.15, 0.2) is 0 Å². The van der Waals surface area contributed by atoms with E-state index in [4.69, 9.17) is 5.11 Å². The van der Waals surface area contributed by atoms with Gasteiger partial charge in [0, 0.05) is 18.2 Å².